The first-order valence-corrected chi connectivity index (χ1v) is 7.47. The molecule has 1 aliphatic carbocycles. The van der Waals surface area contributed by atoms with Gasteiger partial charge < -0.3 is 4.90 Å². The zero-order valence-electron chi connectivity index (χ0n) is 11.5. The average Bonchev–Trinajstić information content (AvgIpc) is 2.98. The normalized spacial score (nSPS) is 36.1. The summed E-state index contributed by atoms with van der Waals surface area (Å²) in [4.78, 5) is 2.50. The van der Waals surface area contributed by atoms with Crippen LogP contribution in [-0.2, 0) is 0 Å². The second-order valence-corrected chi connectivity index (χ2v) is 6.10. The number of rotatable bonds is 2. The first-order chi connectivity index (χ1) is 9.81. The highest BCUT2D eigenvalue weighted by Crippen LogP contribution is 2.36. The van der Waals surface area contributed by atoms with Crippen LogP contribution in [0.3, 0.4) is 0 Å². The van der Waals surface area contributed by atoms with Gasteiger partial charge in [0, 0.05) is 12.7 Å². The quantitative estimate of drug-likeness (QED) is 0.830. The molecule has 1 aromatic heterocycles. The van der Waals surface area contributed by atoms with Crippen molar-refractivity contribution in [1.29, 1.82) is 0 Å². The van der Waals surface area contributed by atoms with Gasteiger partial charge in [-0.15, -0.1) is 5.10 Å². The first kappa shape index (κ1) is 12.3. The van der Waals surface area contributed by atoms with Crippen molar-refractivity contribution < 1.29 is 4.39 Å². The molecule has 4 nitrogen and oxygen atoms in total. The van der Waals surface area contributed by atoms with Crippen molar-refractivity contribution in [1.82, 2.24) is 19.9 Å². The van der Waals surface area contributed by atoms with Crippen molar-refractivity contribution in [2.24, 2.45) is 5.92 Å². The van der Waals surface area contributed by atoms with Crippen LogP contribution in [-0.4, -0.2) is 39.5 Å². The van der Waals surface area contributed by atoms with Crippen LogP contribution in [0.5, 0.6) is 0 Å². The lowest BCUT2D eigenvalue weighted by molar-refractivity contribution is 0.0503. The number of nitrogens with zero attached hydrogens (tertiary/aromatic N) is 4. The summed E-state index contributed by atoms with van der Waals surface area (Å²) in [7, 11) is 0. The Kier molecular flexibility index (Phi) is 2.95. The van der Waals surface area contributed by atoms with Gasteiger partial charge in [0.1, 0.15) is 5.83 Å². The summed E-state index contributed by atoms with van der Waals surface area (Å²) in [5.41, 5.74) is 0.763. The van der Waals surface area contributed by atoms with E-state index in [4.69, 9.17) is 0 Å². The van der Waals surface area contributed by atoms with Crippen LogP contribution in [0, 0.1) is 5.92 Å². The molecule has 3 saturated heterocycles. The molecule has 0 aromatic carbocycles. The zero-order chi connectivity index (χ0) is 13.5. The number of hydrogen-bond donors (Lipinski definition) is 0. The van der Waals surface area contributed by atoms with Gasteiger partial charge >= 0.3 is 0 Å². The summed E-state index contributed by atoms with van der Waals surface area (Å²) >= 11 is 0. The van der Waals surface area contributed by atoms with Gasteiger partial charge in [-0.3, -0.25) is 0 Å². The fourth-order valence-electron chi connectivity index (χ4n) is 3.71. The summed E-state index contributed by atoms with van der Waals surface area (Å²) in [5, 5.41) is 8.52. The van der Waals surface area contributed by atoms with E-state index in [1.165, 1.54) is 32.0 Å². The van der Waals surface area contributed by atoms with Crippen molar-refractivity contribution in [3.05, 3.63) is 35.9 Å². The maximum atomic E-state index is 13.9. The molecule has 2 atom stereocenters. The van der Waals surface area contributed by atoms with Crippen LogP contribution in [0.1, 0.15) is 36.9 Å². The molecule has 1 aromatic rings. The number of halogens is 1. The molecular formula is C15H19FN4. The van der Waals surface area contributed by atoms with Crippen molar-refractivity contribution in [3.8, 4) is 0 Å². The van der Waals surface area contributed by atoms with Crippen LogP contribution in [0.25, 0.3) is 0 Å². The van der Waals surface area contributed by atoms with Gasteiger partial charge in [-0.25, -0.2) is 9.07 Å². The average molecular weight is 274 g/mol. The van der Waals surface area contributed by atoms with Gasteiger partial charge in [0.2, 0.25) is 0 Å². The summed E-state index contributed by atoms with van der Waals surface area (Å²) in [6, 6.07) is 0.421. The van der Waals surface area contributed by atoms with Gasteiger partial charge in [0.15, 0.2) is 0 Å². The van der Waals surface area contributed by atoms with Crippen LogP contribution < -0.4 is 0 Å². The largest absolute Gasteiger partial charge is 0.301 e. The van der Waals surface area contributed by atoms with Gasteiger partial charge in [-0.05, 0) is 44.3 Å². The topological polar surface area (TPSA) is 34.0 Å². The highest BCUT2D eigenvalue weighted by atomic mass is 19.1. The molecule has 106 valence electrons. The fourth-order valence-corrected chi connectivity index (χ4v) is 3.71. The number of allylic oxidation sites excluding steroid dienone is 4. The molecule has 0 saturated carbocycles. The second-order valence-electron chi connectivity index (χ2n) is 6.10. The molecule has 0 amide bonds. The van der Waals surface area contributed by atoms with Crippen molar-refractivity contribution >= 4 is 0 Å². The molecule has 0 spiro atoms. The van der Waals surface area contributed by atoms with Crippen molar-refractivity contribution in [2.75, 3.05) is 19.6 Å². The maximum absolute atomic E-state index is 13.9. The molecule has 5 heteroatoms. The van der Waals surface area contributed by atoms with Crippen molar-refractivity contribution in [3.63, 3.8) is 0 Å². The Morgan fingerprint density at radius 1 is 1.25 bits per heavy atom. The summed E-state index contributed by atoms with van der Waals surface area (Å²) in [6.45, 7) is 3.50. The molecule has 2 unspecified atom stereocenters. The Morgan fingerprint density at radius 2 is 2.10 bits per heavy atom. The zero-order valence-corrected chi connectivity index (χ0v) is 11.5. The van der Waals surface area contributed by atoms with E-state index >= 15 is 0 Å². The predicted molar refractivity (Wildman–Crippen MR) is 73.9 cm³/mol. The number of aromatic nitrogens is 3. The molecule has 3 aliphatic heterocycles. The van der Waals surface area contributed by atoms with Gasteiger partial charge in [-0.1, -0.05) is 17.4 Å². The molecular weight excluding hydrogens is 255 g/mol. The lowest BCUT2D eigenvalue weighted by Crippen LogP contribution is -2.48. The van der Waals surface area contributed by atoms with E-state index in [2.05, 4.69) is 15.2 Å². The van der Waals surface area contributed by atoms with E-state index in [0.717, 1.165) is 12.2 Å². The minimum atomic E-state index is -0.241. The smallest absolute Gasteiger partial charge is 0.109 e. The molecule has 4 aliphatic rings. The number of piperidine rings is 3. The van der Waals surface area contributed by atoms with Gasteiger partial charge in [-0.2, -0.15) is 0 Å². The Balaban J connectivity index is 1.56. The Hall–Kier alpha value is -1.49. The van der Waals surface area contributed by atoms with E-state index in [-0.39, 0.29) is 11.7 Å². The second kappa shape index (κ2) is 4.81. The first-order valence-electron chi connectivity index (χ1n) is 7.47. The van der Waals surface area contributed by atoms with E-state index in [1.807, 2.05) is 17.0 Å². The Morgan fingerprint density at radius 3 is 2.80 bits per heavy atom. The SMILES string of the molecule is FC1=CC=CCC1c1cn(C2CN3CCC2CC3)nn1. The molecule has 5 rings (SSSR count). The minimum absolute atomic E-state index is 0.103. The van der Waals surface area contributed by atoms with E-state index in [1.54, 1.807) is 6.08 Å². The molecule has 3 fully saturated rings. The van der Waals surface area contributed by atoms with Crippen molar-refractivity contribution in [2.45, 2.75) is 31.2 Å². The summed E-state index contributed by atoms with van der Waals surface area (Å²) < 4.78 is 15.8. The summed E-state index contributed by atoms with van der Waals surface area (Å²) in [5.74, 6) is 0.365. The third-order valence-electron chi connectivity index (χ3n) is 4.94. The lowest BCUT2D eigenvalue weighted by Gasteiger charge is -2.44. The van der Waals surface area contributed by atoms with E-state index in [0.29, 0.717) is 18.4 Å². The molecule has 2 bridgehead atoms. The van der Waals surface area contributed by atoms with Gasteiger partial charge in [0.25, 0.3) is 0 Å². The lowest BCUT2D eigenvalue weighted by atomic mass is 9.84. The summed E-state index contributed by atoms with van der Waals surface area (Å²) in [6.07, 6.45) is 10.4. The predicted octanol–water partition coefficient (Wildman–Crippen LogP) is 2.44. The van der Waals surface area contributed by atoms with Crippen LogP contribution in [0.15, 0.2) is 30.3 Å². The van der Waals surface area contributed by atoms with Crippen LogP contribution in [0.4, 0.5) is 4.39 Å². The Labute approximate surface area is 117 Å². The Bertz CT molecular complexity index is 554. The minimum Gasteiger partial charge on any atom is -0.301 e. The highest BCUT2D eigenvalue weighted by Gasteiger charge is 2.36. The van der Waals surface area contributed by atoms with Crippen LogP contribution in [0.2, 0.25) is 0 Å². The third kappa shape index (κ3) is 2.00. The fraction of sp³-hybridized carbons (Fsp3) is 0.600. The molecule has 0 N–H and O–H groups in total. The highest BCUT2D eigenvalue weighted by molar-refractivity contribution is 5.25. The molecule has 0 radical (unpaired) electrons. The standard InChI is InChI=1S/C15H19FN4/c16-13-4-2-1-3-12(13)14-9-20(18-17-14)15-10-19-7-5-11(15)6-8-19/h1-2,4,9,11-12,15H,3,5-8,10H2. The maximum Gasteiger partial charge on any atom is 0.109 e. The number of fused-ring (bicyclic) bond motifs is 3. The molecule has 4 heterocycles. The number of hydrogen-bond acceptors (Lipinski definition) is 3. The third-order valence-corrected chi connectivity index (χ3v) is 4.94. The van der Waals surface area contributed by atoms with E-state index in [9.17, 15) is 4.39 Å². The van der Waals surface area contributed by atoms with E-state index < -0.39 is 0 Å². The van der Waals surface area contributed by atoms with Crippen LogP contribution >= 0.6 is 0 Å². The van der Waals surface area contributed by atoms with Gasteiger partial charge in [0.05, 0.1) is 17.7 Å². The molecule has 20 heavy (non-hydrogen) atoms. The monoisotopic (exact) mass is 274 g/mol.